The van der Waals surface area contributed by atoms with E-state index in [1.807, 2.05) is 80.3 Å². The molecule has 1 N–H and O–H groups in total. The van der Waals surface area contributed by atoms with Crippen molar-refractivity contribution < 1.29 is 9.59 Å². The smallest absolute Gasteiger partial charge is 0.322 e. The number of nitrogens with one attached hydrogen (secondary N) is 1. The summed E-state index contributed by atoms with van der Waals surface area (Å²) in [5.74, 6) is 0.176. The number of anilines is 1. The zero-order valence-corrected chi connectivity index (χ0v) is 20.7. The number of carbonyl (C=O) groups is 2. The van der Waals surface area contributed by atoms with Crippen LogP contribution in [0.15, 0.2) is 66.0 Å². The maximum Gasteiger partial charge on any atom is 0.322 e. The Labute approximate surface area is 201 Å². The molecule has 6 heteroatoms. The van der Waals surface area contributed by atoms with Gasteiger partial charge in [0.15, 0.2) is 0 Å². The highest BCUT2D eigenvalue weighted by Gasteiger charge is 2.23. The third kappa shape index (κ3) is 7.46. The maximum atomic E-state index is 13.5. The van der Waals surface area contributed by atoms with Crippen LogP contribution in [0.5, 0.6) is 0 Å². The van der Waals surface area contributed by atoms with Crippen LogP contribution in [0.1, 0.15) is 35.4 Å². The summed E-state index contributed by atoms with van der Waals surface area (Å²) in [5.41, 5.74) is 4.05. The fraction of sp³-hybridized carbons (Fsp3) is 0.333. The quantitative estimate of drug-likeness (QED) is 0.418. The van der Waals surface area contributed by atoms with Crippen molar-refractivity contribution >= 4 is 29.0 Å². The van der Waals surface area contributed by atoms with Crippen molar-refractivity contribution in [2.45, 2.75) is 40.8 Å². The van der Waals surface area contributed by atoms with Gasteiger partial charge >= 0.3 is 6.03 Å². The van der Waals surface area contributed by atoms with E-state index in [0.29, 0.717) is 19.6 Å². The van der Waals surface area contributed by atoms with Gasteiger partial charge in [0, 0.05) is 23.7 Å². The van der Waals surface area contributed by atoms with Crippen LogP contribution in [0, 0.1) is 19.8 Å². The Morgan fingerprint density at radius 3 is 2.33 bits per heavy atom. The fourth-order valence-corrected chi connectivity index (χ4v) is 4.54. The van der Waals surface area contributed by atoms with Crippen molar-refractivity contribution in [1.82, 2.24) is 9.80 Å². The first-order chi connectivity index (χ1) is 15.8. The first-order valence-electron chi connectivity index (χ1n) is 11.3. The van der Waals surface area contributed by atoms with Gasteiger partial charge in [-0.15, -0.1) is 11.3 Å². The standard InChI is InChI=1S/C27H33N3O2S/c1-20(2)16-30(27(32)28-24-12-8-9-21(3)15-24)19-26(31)29(17-23-10-6-5-7-11-23)18-25-22(4)13-14-33-25/h5-15,20H,16-19H2,1-4H3,(H,28,32). The molecule has 0 spiro atoms. The number of carbonyl (C=O) groups excluding carboxylic acids is 2. The van der Waals surface area contributed by atoms with E-state index in [-0.39, 0.29) is 24.4 Å². The summed E-state index contributed by atoms with van der Waals surface area (Å²) in [6.45, 7) is 9.73. The molecule has 0 unspecified atom stereocenters. The highest BCUT2D eigenvalue weighted by atomic mass is 32.1. The first-order valence-corrected chi connectivity index (χ1v) is 12.2. The van der Waals surface area contributed by atoms with E-state index >= 15 is 0 Å². The lowest BCUT2D eigenvalue weighted by Gasteiger charge is -2.29. The summed E-state index contributed by atoms with van der Waals surface area (Å²) >= 11 is 1.66. The van der Waals surface area contributed by atoms with Crippen LogP contribution in [0.2, 0.25) is 0 Å². The third-order valence-corrected chi connectivity index (χ3v) is 6.35. The zero-order valence-electron chi connectivity index (χ0n) is 19.9. The number of aryl methyl sites for hydroxylation is 2. The van der Waals surface area contributed by atoms with E-state index in [1.165, 1.54) is 10.4 Å². The summed E-state index contributed by atoms with van der Waals surface area (Å²) in [5, 5.41) is 5.01. The van der Waals surface area contributed by atoms with Gasteiger partial charge in [0.1, 0.15) is 6.54 Å². The molecule has 5 nitrogen and oxygen atoms in total. The zero-order chi connectivity index (χ0) is 23.8. The molecule has 0 fully saturated rings. The van der Waals surface area contributed by atoms with Crippen LogP contribution >= 0.6 is 11.3 Å². The van der Waals surface area contributed by atoms with Gasteiger partial charge in [-0.25, -0.2) is 4.79 Å². The van der Waals surface area contributed by atoms with Gasteiger partial charge < -0.3 is 15.1 Å². The summed E-state index contributed by atoms with van der Waals surface area (Å²) in [6.07, 6.45) is 0. The molecule has 2 aromatic carbocycles. The van der Waals surface area contributed by atoms with Crippen LogP contribution in [0.4, 0.5) is 10.5 Å². The molecule has 0 atom stereocenters. The molecule has 0 saturated heterocycles. The lowest BCUT2D eigenvalue weighted by atomic mass is 10.2. The Bertz CT molecular complexity index is 1060. The molecule has 0 radical (unpaired) electrons. The molecule has 3 amide bonds. The average molecular weight is 464 g/mol. The van der Waals surface area contributed by atoms with Crippen molar-refractivity contribution in [2.75, 3.05) is 18.4 Å². The predicted octanol–water partition coefficient (Wildman–Crippen LogP) is 6.08. The lowest BCUT2D eigenvalue weighted by Crippen LogP contribution is -2.45. The van der Waals surface area contributed by atoms with Crippen LogP contribution in [-0.4, -0.2) is 34.8 Å². The van der Waals surface area contributed by atoms with Gasteiger partial charge in [-0.3, -0.25) is 4.79 Å². The van der Waals surface area contributed by atoms with E-state index in [2.05, 4.69) is 23.7 Å². The molecule has 33 heavy (non-hydrogen) atoms. The number of hydrogen-bond acceptors (Lipinski definition) is 3. The van der Waals surface area contributed by atoms with E-state index in [0.717, 1.165) is 16.8 Å². The van der Waals surface area contributed by atoms with Crippen molar-refractivity contribution in [1.29, 1.82) is 0 Å². The van der Waals surface area contributed by atoms with Crippen LogP contribution < -0.4 is 5.32 Å². The summed E-state index contributed by atoms with van der Waals surface area (Å²) < 4.78 is 0. The molecule has 1 aromatic heterocycles. The highest BCUT2D eigenvalue weighted by molar-refractivity contribution is 7.10. The number of thiophene rings is 1. The minimum atomic E-state index is -0.255. The van der Waals surface area contributed by atoms with Crippen LogP contribution in [-0.2, 0) is 17.9 Å². The summed E-state index contributed by atoms with van der Waals surface area (Å²) in [4.78, 5) is 31.2. The monoisotopic (exact) mass is 463 g/mol. The lowest BCUT2D eigenvalue weighted by molar-refractivity contribution is -0.133. The molecule has 0 saturated carbocycles. The topological polar surface area (TPSA) is 52.7 Å². The van der Waals surface area contributed by atoms with Crippen molar-refractivity contribution in [3.8, 4) is 0 Å². The van der Waals surface area contributed by atoms with Gasteiger partial charge in [-0.2, -0.15) is 0 Å². The largest absolute Gasteiger partial charge is 0.332 e. The molecule has 0 aliphatic rings. The average Bonchev–Trinajstić information content (AvgIpc) is 3.17. The second-order valence-electron chi connectivity index (χ2n) is 8.84. The predicted molar refractivity (Wildman–Crippen MR) is 136 cm³/mol. The second kappa shape index (κ2) is 11.7. The Balaban J connectivity index is 1.77. The molecule has 3 rings (SSSR count). The Kier molecular flexibility index (Phi) is 8.66. The number of urea groups is 1. The minimum Gasteiger partial charge on any atom is -0.332 e. The second-order valence-corrected chi connectivity index (χ2v) is 9.84. The van der Waals surface area contributed by atoms with Gasteiger partial charge in [-0.1, -0.05) is 56.3 Å². The summed E-state index contributed by atoms with van der Waals surface area (Å²) in [6, 6.07) is 19.5. The number of rotatable bonds is 9. The molecular formula is C27H33N3O2S. The van der Waals surface area contributed by atoms with E-state index in [9.17, 15) is 9.59 Å². The fourth-order valence-electron chi connectivity index (χ4n) is 3.62. The molecule has 1 heterocycles. The maximum absolute atomic E-state index is 13.5. The van der Waals surface area contributed by atoms with Crippen molar-refractivity contribution in [3.05, 3.63) is 87.6 Å². The van der Waals surface area contributed by atoms with E-state index in [1.54, 1.807) is 16.2 Å². The van der Waals surface area contributed by atoms with Gasteiger partial charge in [-0.05, 0) is 60.0 Å². The minimum absolute atomic E-state index is 0.0348. The van der Waals surface area contributed by atoms with Gasteiger partial charge in [0.2, 0.25) is 5.91 Å². The Hall–Kier alpha value is -3.12. The number of amides is 3. The van der Waals surface area contributed by atoms with Gasteiger partial charge in [0.25, 0.3) is 0 Å². The molecule has 0 aliphatic carbocycles. The van der Waals surface area contributed by atoms with E-state index < -0.39 is 0 Å². The molecular weight excluding hydrogens is 430 g/mol. The number of benzene rings is 2. The van der Waals surface area contributed by atoms with Gasteiger partial charge in [0.05, 0.1) is 6.54 Å². The normalized spacial score (nSPS) is 10.8. The Morgan fingerprint density at radius 2 is 1.70 bits per heavy atom. The molecule has 0 bridgehead atoms. The number of hydrogen-bond donors (Lipinski definition) is 1. The SMILES string of the molecule is Cc1cccc(NC(=O)N(CC(=O)N(Cc2ccccc2)Cc2sccc2C)CC(C)C)c1. The highest BCUT2D eigenvalue weighted by Crippen LogP contribution is 2.20. The molecule has 174 valence electrons. The van der Waals surface area contributed by atoms with Crippen molar-refractivity contribution in [2.24, 2.45) is 5.92 Å². The van der Waals surface area contributed by atoms with Crippen LogP contribution in [0.3, 0.4) is 0 Å². The van der Waals surface area contributed by atoms with E-state index in [4.69, 9.17) is 0 Å². The molecule has 0 aliphatic heterocycles. The summed E-state index contributed by atoms with van der Waals surface area (Å²) in [7, 11) is 0. The molecule has 3 aromatic rings. The van der Waals surface area contributed by atoms with Crippen molar-refractivity contribution in [3.63, 3.8) is 0 Å². The Morgan fingerprint density at radius 1 is 0.939 bits per heavy atom. The third-order valence-electron chi connectivity index (χ3n) is 5.34. The van der Waals surface area contributed by atoms with Crippen LogP contribution in [0.25, 0.3) is 0 Å². The first kappa shape index (κ1) is 24.5. The number of nitrogens with zero attached hydrogens (tertiary/aromatic N) is 2.